The fraction of sp³-hybridized carbons (Fsp3) is 0.952. The normalized spacial score (nSPS) is 12.7. The monoisotopic (exact) mass is 651 g/mol. The Morgan fingerprint density at radius 1 is 0.326 bits per heavy atom. The first-order chi connectivity index (χ1) is 22.6. The number of hydrogen-bond acceptors (Lipinski definition) is 4. The molecule has 0 amide bonds. The van der Waals surface area contributed by atoms with Gasteiger partial charge in [-0.1, -0.05) is 195 Å². The van der Waals surface area contributed by atoms with E-state index in [1.165, 1.54) is 141 Å². The van der Waals surface area contributed by atoms with Gasteiger partial charge >= 0.3 is 11.9 Å². The molecule has 46 heavy (non-hydrogen) atoms. The quantitative estimate of drug-likeness (QED) is 0.0496. The summed E-state index contributed by atoms with van der Waals surface area (Å²) in [7, 11) is 0. The van der Waals surface area contributed by atoms with Gasteiger partial charge in [-0.15, -0.1) is 0 Å². The van der Waals surface area contributed by atoms with E-state index < -0.39 is 0 Å². The third-order valence-corrected chi connectivity index (χ3v) is 9.63. The molecule has 0 radical (unpaired) electrons. The third-order valence-electron chi connectivity index (χ3n) is 9.63. The molecule has 4 heteroatoms. The summed E-state index contributed by atoms with van der Waals surface area (Å²) in [6, 6.07) is 0. The van der Waals surface area contributed by atoms with E-state index in [-0.39, 0.29) is 24.1 Å². The maximum absolute atomic E-state index is 13.0. The molecule has 0 aliphatic rings. The highest BCUT2D eigenvalue weighted by molar-refractivity contribution is 5.70. The first-order valence-corrected chi connectivity index (χ1v) is 21.0. The minimum atomic E-state index is -0.306. The van der Waals surface area contributed by atoms with E-state index in [4.69, 9.17) is 9.47 Å². The van der Waals surface area contributed by atoms with Gasteiger partial charge in [-0.3, -0.25) is 9.59 Å². The van der Waals surface area contributed by atoms with Crippen LogP contribution in [0.2, 0.25) is 0 Å². The Bertz CT molecular complexity index is 579. The van der Waals surface area contributed by atoms with Crippen LogP contribution in [-0.2, 0) is 19.1 Å². The number of unbranched alkanes of at least 4 members (excludes halogenated alkanes) is 26. The molecule has 0 spiro atoms. The zero-order valence-electron chi connectivity index (χ0n) is 31.8. The van der Waals surface area contributed by atoms with Gasteiger partial charge in [0, 0.05) is 12.8 Å². The van der Waals surface area contributed by atoms with Crippen LogP contribution in [0.3, 0.4) is 0 Å². The molecule has 0 saturated heterocycles. The Labute approximate surface area is 288 Å². The third kappa shape index (κ3) is 31.5. The van der Waals surface area contributed by atoms with Crippen LogP contribution in [-0.4, -0.2) is 24.1 Å². The predicted molar refractivity (Wildman–Crippen MR) is 199 cm³/mol. The van der Waals surface area contributed by atoms with Gasteiger partial charge in [0.15, 0.2) is 0 Å². The van der Waals surface area contributed by atoms with Crippen LogP contribution in [0.15, 0.2) is 0 Å². The van der Waals surface area contributed by atoms with Gasteiger partial charge in [0.2, 0.25) is 0 Å². The zero-order valence-corrected chi connectivity index (χ0v) is 31.8. The summed E-state index contributed by atoms with van der Waals surface area (Å²) in [6.45, 7) is 8.98. The summed E-state index contributed by atoms with van der Waals surface area (Å²) >= 11 is 0. The van der Waals surface area contributed by atoms with Crippen molar-refractivity contribution in [2.45, 2.75) is 258 Å². The highest BCUT2D eigenvalue weighted by Crippen LogP contribution is 2.22. The molecule has 274 valence electrons. The van der Waals surface area contributed by atoms with Crippen molar-refractivity contribution in [3.05, 3.63) is 0 Å². The molecule has 0 aromatic carbocycles. The van der Waals surface area contributed by atoms with Gasteiger partial charge in [0.25, 0.3) is 0 Å². The number of rotatable bonds is 37. The smallest absolute Gasteiger partial charge is 0.306 e. The van der Waals surface area contributed by atoms with Gasteiger partial charge < -0.3 is 9.47 Å². The van der Waals surface area contributed by atoms with Crippen molar-refractivity contribution in [2.24, 2.45) is 0 Å². The van der Waals surface area contributed by atoms with Crippen LogP contribution in [0.4, 0.5) is 0 Å². The van der Waals surface area contributed by atoms with Crippen molar-refractivity contribution in [3.8, 4) is 0 Å². The average Bonchev–Trinajstić information content (AvgIpc) is 3.05. The number of hydrogen-bond donors (Lipinski definition) is 0. The van der Waals surface area contributed by atoms with E-state index in [1.807, 2.05) is 0 Å². The maximum atomic E-state index is 13.0. The fourth-order valence-electron chi connectivity index (χ4n) is 6.51. The highest BCUT2D eigenvalue weighted by Gasteiger charge is 2.28. The second-order valence-corrected chi connectivity index (χ2v) is 14.3. The molecule has 0 N–H and O–H groups in total. The topological polar surface area (TPSA) is 52.6 Å². The van der Waals surface area contributed by atoms with E-state index >= 15 is 0 Å². The fourth-order valence-corrected chi connectivity index (χ4v) is 6.51. The number of esters is 2. The molecule has 2 unspecified atom stereocenters. The van der Waals surface area contributed by atoms with E-state index in [1.54, 1.807) is 0 Å². The van der Waals surface area contributed by atoms with Crippen LogP contribution < -0.4 is 0 Å². The molecule has 0 heterocycles. The molecule has 0 aromatic heterocycles. The largest absolute Gasteiger partial charge is 0.458 e. The van der Waals surface area contributed by atoms with E-state index in [0.717, 1.165) is 64.2 Å². The van der Waals surface area contributed by atoms with Gasteiger partial charge in [-0.05, 0) is 38.5 Å². The van der Waals surface area contributed by atoms with E-state index in [0.29, 0.717) is 12.8 Å². The molecular formula is C42H82O4. The molecule has 4 nitrogen and oxygen atoms in total. The number of carbonyl (C=O) groups excluding carboxylic acids is 2. The Morgan fingerprint density at radius 2 is 0.543 bits per heavy atom. The molecule has 0 rings (SSSR count). The van der Waals surface area contributed by atoms with Crippen molar-refractivity contribution in [1.29, 1.82) is 0 Å². The molecular weight excluding hydrogens is 568 g/mol. The first kappa shape index (κ1) is 44.9. The summed E-state index contributed by atoms with van der Waals surface area (Å²) in [5.41, 5.74) is 0. The van der Waals surface area contributed by atoms with Crippen molar-refractivity contribution in [1.82, 2.24) is 0 Å². The molecule has 2 atom stereocenters. The lowest BCUT2D eigenvalue weighted by Gasteiger charge is -2.27. The SMILES string of the molecule is CCCCCCCCCCCCCC(=O)OC(CCCCCC)C(CCCCCC)OC(=O)CCCCCCCCCCCCC. The van der Waals surface area contributed by atoms with Crippen molar-refractivity contribution >= 4 is 11.9 Å². The Balaban J connectivity index is 4.65. The average molecular weight is 651 g/mol. The molecule has 0 aliphatic heterocycles. The summed E-state index contributed by atoms with van der Waals surface area (Å²) in [5, 5.41) is 0. The molecule has 0 saturated carbocycles. The second-order valence-electron chi connectivity index (χ2n) is 14.3. The summed E-state index contributed by atoms with van der Waals surface area (Å²) in [4.78, 5) is 26.0. The van der Waals surface area contributed by atoms with Gasteiger partial charge in [-0.25, -0.2) is 0 Å². The van der Waals surface area contributed by atoms with Crippen molar-refractivity contribution < 1.29 is 19.1 Å². The van der Waals surface area contributed by atoms with Crippen LogP contribution in [0, 0.1) is 0 Å². The molecule has 0 bridgehead atoms. The number of ether oxygens (including phenoxy) is 2. The van der Waals surface area contributed by atoms with Crippen molar-refractivity contribution in [2.75, 3.05) is 0 Å². The summed E-state index contributed by atoms with van der Waals surface area (Å²) in [6.07, 6.45) is 39.0. The first-order valence-electron chi connectivity index (χ1n) is 21.0. The lowest BCUT2D eigenvalue weighted by Crippen LogP contribution is -2.35. The van der Waals surface area contributed by atoms with Crippen LogP contribution in [0.5, 0.6) is 0 Å². The minimum Gasteiger partial charge on any atom is -0.458 e. The Hall–Kier alpha value is -1.06. The van der Waals surface area contributed by atoms with E-state index in [9.17, 15) is 9.59 Å². The number of carbonyl (C=O) groups is 2. The summed E-state index contributed by atoms with van der Waals surface area (Å²) < 4.78 is 12.3. The standard InChI is InChI=1S/C42H82O4/c1-5-9-13-17-19-21-23-25-27-29-33-37-41(43)45-39(35-31-15-11-7-3)40(36-32-16-12-8-4)46-42(44)38-34-30-28-26-24-22-20-18-14-10-6-2/h39-40H,5-38H2,1-4H3. The van der Waals surface area contributed by atoms with Crippen LogP contribution >= 0.6 is 0 Å². The second kappa shape index (κ2) is 36.8. The summed E-state index contributed by atoms with van der Waals surface area (Å²) in [5.74, 6) is -0.201. The molecule has 0 aromatic rings. The lowest BCUT2D eigenvalue weighted by atomic mass is 9.99. The predicted octanol–water partition coefficient (Wildman–Crippen LogP) is 14.2. The van der Waals surface area contributed by atoms with Gasteiger partial charge in [0.1, 0.15) is 12.2 Å². The highest BCUT2D eigenvalue weighted by atomic mass is 16.6. The zero-order chi connectivity index (χ0) is 33.8. The Kier molecular flexibility index (Phi) is 35.9. The Morgan fingerprint density at radius 3 is 0.804 bits per heavy atom. The van der Waals surface area contributed by atoms with Gasteiger partial charge in [0.05, 0.1) is 0 Å². The maximum Gasteiger partial charge on any atom is 0.306 e. The van der Waals surface area contributed by atoms with Gasteiger partial charge in [-0.2, -0.15) is 0 Å². The minimum absolute atomic E-state index is 0.101. The molecule has 0 fully saturated rings. The van der Waals surface area contributed by atoms with Crippen LogP contribution in [0.25, 0.3) is 0 Å². The van der Waals surface area contributed by atoms with Crippen LogP contribution in [0.1, 0.15) is 246 Å². The lowest BCUT2D eigenvalue weighted by molar-refractivity contribution is -0.169. The van der Waals surface area contributed by atoms with Crippen molar-refractivity contribution in [3.63, 3.8) is 0 Å². The van der Waals surface area contributed by atoms with E-state index in [2.05, 4.69) is 27.7 Å². The molecule has 0 aliphatic carbocycles.